The molecule has 154 valence electrons. The summed E-state index contributed by atoms with van der Waals surface area (Å²) in [5, 5.41) is 0. The van der Waals surface area contributed by atoms with Gasteiger partial charge in [0.05, 0.1) is 12.7 Å². The van der Waals surface area contributed by atoms with Crippen LogP contribution in [-0.2, 0) is 45.4 Å². The van der Waals surface area contributed by atoms with Crippen molar-refractivity contribution in [1.82, 2.24) is 0 Å². The van der Waals surface area contributed by atoms with Crippen LogP contribution in [-0.4, -0.2) is 32.5 Å². The van der Waals surface area contributed by atoms with Crippen LogP contribution in [0.15, 0.2) is 18.2 Å². The minimum Gasteiger partial charge on any atom is -0.462 e. The van der Waals surface area contributed by atoms with Gasteiger partial charge in [0.2, 0.25) is 5.79 Å². The number of hydrogen-bond donors (Lipinski definition) is 0. The third-order valence-electron chi connectivity index (χ3n) is 4.24. The van der Waals surface area contributed by atoms with Gasteiger partial charge in [-0.3, -0.25) is 14.4 Å². The quantitative estimate of drug-likeness (QED) is 0.633. The Bertz CT molecular complexity index is 722. The molecule has 0 saturated heterocycles. The van der Waals surface area contributed by atoms with Gasteiger partial charge >= 0.3 is 8.80 Å². The topological polar surface area (TPSA) is 97.4 Å². The molecule has 0 aromatic heterocycles. The molecule has 1 aromatic rings. The van der Waals surface area contributed by atoms with Gasteiger partial charge in [-0.25, -0.2) is 0 Å². The van der Waals surface area contributed by atoms with Gasteiger partial charge in [0, 0.05) is 39.7 Å². The molecule has 9 heteroatoms. The summed E-state index contributed by atoms with van der Waals surface area (Å²) in [6.07, 6.45) is 1.09. The molecule has 0 aliphatic carbocycles. The lowest BCUT2D eigenvalue weighted by Gasteiger charge is -2.35. The Morgan fingerprint density at radius 1 is 1.07 bits per heavy atom. The van der Waals surface area contributed by atoms with Gasteiger partial charge < -0.3 is 22.8 Å². The van der Waals surface area contributed by atoms with E-state index in [1.165, 1.54) is 20.8 Å². The lowest BCUT2D eigenvalue weighted by atomic mass is 10.1. The van der Waals surface area contributed by atoms with Crippen molar-refractivity contribution in [3.05, 3.63) is 29.3 Å². The Hall–Kier alpha value is -2.39. The van der Waals surface area contributed by atoms with Crippen molar-refractivity contribution in [2.24, 2.45) is 0 Å². The molecular formula is C19H26O8Si. The lowest BCUT2D eigenvalue weighted by Crippen LogP contribution is -2.49. The average molecular weight is 410 g/mol. The molecule has 0 bridgehead atoms. The third kappa shape index (κ3) is 5.80. The van der Waals surface area contributed by atoms with E-state index >= 15 is 0 Å². The molecule has 1 atom stereocenters. The molecule has 8 nitrogen and oxygen atoms in total. The number of carbonyl (C=O) groups excluding carboxylic acids is 3. The molecule has 0 radical (unpaired) electrons. The summed E-state index contributed by atoms with van der Waals surface area (Å²) >= 11 is 0. The standard InChI is InChI=1S/C19H26O8Si/c1-6-19(5)23-12-17-11-16(7-8-18(17)24-19)9-10-28(25-13(2)20,26-14(3)21)27-15(4)22/h7-8,11H,6,9-10,12H2,1-5H3. The summed E-state index contributed by atoms with van der Waals surface area (Å²) in [7, 11) is -3.84. The first-order chi connectivity index (χ1) is 13.1. The van der Waals surface area contributed by atoms with Crippen molar-refractivity contribution in [3.63, 3.8) is 0 Å². The van der Waals surface area contributed by atoms with Crippen LogP contribution in [0.1, 0.15) is 52.2 Å². The first-order valence-electron chi connectivity index (χ1n) is 9.10. The van der Waals surface area contributed by atoms with Crippen molar-refractivity contribution >= 4 is 26.7 Å². The minimum atomic E-state index is -3.84. The maximum atomic E-state index is 11.5. The Morgan fingerprint density at radius 3 is 2.14 bits per heavy atom. The van der Waals surface area contributed by atoms with E-state index in [4.69, 9.17) is 22.8 Å². The van der Waals surface area contributed by atoms with Crippen molar-refractivity contribution < 1.29 is 37.1 Å². The number of benzene rings is 1. The zero-order chi connectivity index (χ0) is 20.9. The number of aryl methyl sites for hydroxylation is 1. The van der Waals surface area contributed by atoms with Crippen LogP contribution in [0.25, 0.3) is 0 Å². The van der Waals surface area contributed by atoms with Gasteiger partial charge in [-0.2, -0.15) is 0 Å². The fraction of sp³-hybridized carbons (Fsp3) is 0.526. The lowest BCUT2D eigenvalue weighted by molar-refractivity contribution is -0.194. The van der Waals surface area contributed by atoms with E-state index in [0.717, 1.165) is 23.3 Å². The molecule has 0 spiro atoms. The van der Waals surface area contributed by atoms with Crippen LogP contribution in [0.3, 0.4) is 0 Å². The summed E-state index contributed by atoms with van der Waals surface area (Å²) in [6, 6.07) is 5.72. The van der Waals surface area contributed by atoms with Crippen LogP contribution < -0.4 is 4.74 Å². The second-order valence-electron chi connectivity index (χ2n) is 6.78. The average Bonchev–Trinajstić information content (AvgIpc) is 2.58. The maximum Gasteiger partial charge on any atom is 0.705 e. The van der Waals surface area contributed by atoms with E-state index in [1.54, 1.807) is 0 Å². The first kappa shape index (κ1) is 21.9. The first-order valence-corrected chi connectivity index (χ1v) is 11.0. The summed E-state index contributed by atoms with van der Waals surface area (Å²) < 4.78 is 27.3. The van der Waals surface area contributed by atoms with Gasteiger partial charge in [0.15, 0.2) is 0 Å². The fourth-order valence-electron chi connectivity index (χ4n) is 2.84. The molecule has 2 rings (SSSR count). The molecule has 1 aliphatic rings. The molecule has 1 aromatic carbocycles. The SMILES string of the molecule is CCC1(C)OCc2cc(CC[Si](OC(C)=O)(OC(C)=O)OC(C)=O)ccc2O1. The van der Waals surface area contributed by atoms with E-state index < -0.39 is 32.5 Å². The van der Waals surface area contributed by atoms with Crippen LogP contribution >= 0.6 is 0 Å². The summed E-state index contributed by atoms with van der Waals surface area (Å²) in [5.74, 6) is -1.93. The van der Waals surface area contributed by atoms with Gasteiger partial charge in [0.1, 0.15) is 5.75 Å². The third-order valence-corrected chi connectivity index (χ3v) is 6.90. The molecule has 0 fully saturated rings. The van der Waals surface area contributed by atoms with Gasteiger partial charge in [-0.15, -0.1) is 0 Å². The molecule has 0 saturated carbocycles. The molecule has 1 aliphatic heterocycles. The summed E-state index contributed by atoms with van der Waals surface area (Å²) in [6.45, 7) is 7.81. The zero-order valence-corrected chi connectivity index (χ0v) is 17.8. The van der Waals surface area contributed by atoms with E-state index in [-0.39, 0.29) is 6.04 Å². The van der Waals surface area contributed by atoms with E-state index in [9.17, 15) is 14.4 Å². The Balaban J connectivity index is 2.19. The highest BCUT2D eigenvalue weighted by Crippen LogP contribution is 2.34. The second kappa shape index (κ2) is 8.74. The van der Waals surface area contributed by atoms with Gasteiger partial charge in [-0.1, -0.05) is 13.0 Å². The van der Waals surface area contributed by atoms with Crippen molar-refractivity contribution in [1.29, 1.82) is 0 Å². The predicted molar refractivity (Wildman–Crippen MR) is 100 cm³/mol. The minimum absolute atomic E-state index is 0.0823. The predicted octanol–water partition coefficient (Wildman–Crippen LogP) is 2.89. The van der Waals surface area contributed by atoms with Gasteiger partial charge in [0.25, 0.3) is 17.9 Å². The van der Waals surface area contributed by atoms with E-state index in [0.29, 0.717) is 13.0 Å². The number of fused-ring (bicyclic) bond motifs is 1. The number of carbonyl (C=O) groups is 3. The summed E-state index contributed by atoms with van der Waals surface area (Å²) in [5.41, 5.74) is 1.78. The van der Waals surface area contributed by atoms with Crippen LogP contribution in [0.5, 0.6) is 5.75 Å². The molecule has 0 N–H and O–H groups in total. The monoisotopic (exact) mass is 410 g/mol. The van der Waals surface area contributed by atoms with E-state index in [2.05, 4.69) is 0 Å². The van der Waals surface area contributed by atoms with Crippen LogP contribution in [0, 0.1) is 0 Å². The van der Waals surface area contributed by atoms with Gasteiger partial charge in [-0.05, 0) is 24.1 Å². The Labute approximate surface area is 165 Å². The summed E-state index contributed by atoms with van der Waals surface area (Å²) in [4.78, 5) is 34.5. The zero-order valence-electron chi connectivity index (χ0n) is 16.8. The van der Waals surface area contributed by atoms with Crippen LogP contribution in [0.2, 0.25) is 6.04 Å². The molecule has 1 heterocycles. The largest absolute Gasteiger partial charge is 0.705 e. The fourth-order valence-corrected chi connectivity index (χ4v) is 5.18. The highest BCUT2D eigenvalue weighted by atomic mass is 28.4. The number of hydrogen-bond acceptors (Lipinski definition) is 8. The molecule has 28 heavy (non-hydrogen) atoms. The number of rotatable bonds is 7. The molecule has 0 amide bonds. The molecular weight excluding hydrogens is 384 g/mol. The highest BCUT2D eigenvalue weighted by Gasteiger charge is 2.51. The van der Waals surface area contributed by atoms with Crippen molar-refractivity contribution in [2.75, 3.05) is 0 Å². The van der Waals surface area contributed by atoms with E-state index in [1.807, 2.05) is 32.0 Å². The maximum absolute atomic E-state index is 11.5. The number of ether oxygens (including phenoxy) is 2. The molecule has 1 unspecified atom stereocenters. The second-order valence-corrected chi connectivity index (χ2v) is 9.26. The highest BCUT2D eigenvalue weighted by molar-refractivity contribution is 6.65. The van der Waals surface area contributed by atoms with Crippen molar-refractivity contribution in [2.45, 2.75) is 65.9 Å². The normalized spacial score (nSPS) is 18.5. The van der Waals surface area contributed by atoms with Crippen molar-refractivity contribution in [3.8, 4) is 5.75 Å². The Morgan fingerprint density at radius 2 is 1.64 bits per heavy atom. The smallest absolute Gasteiger partial charge is 0.462 e. The Kier molecular flexibility index (Phi) is 6.84. The van der Waals surface area contributed by atoms with Crippen LogP contribution in [0.4, 0.5) is 0 Å².